The second-order valence-corrected chi connectivity index (χ2v) is 7.46. The Kier molecular flexibility index (Phi) is 5.54. The van der Waals surface area contributed by atoms with E-state index in [9.17, 15) is 9.59 Å². The van der Waals surface area contributed by atoms with Crippen LogP contribution in [0.5, 0.6) is 0 Å². The minimum Gasteiger partial charge on any atom is -0.378 e. The van der Waals surface area contributed by atoms with Crippen LogP contribution in [0.3, 0.4) is 0 Å². The Labute approximate surface area is 163 Å². The van der Waals surface area contributed by atoms with Gasteiger partial charge >= 0.3 is 0 Å². The zero-order valence-corrected chi connectivity index (χ0v) is 16.1. The van der Waals surface area contributed by atoms with Gasteiger partial charge in [0.1, 0.15) is 5.69 Å². The number of H-pyrrole nitrogens is 1. The molecule has 150 valence electrons. The van der Waals surface area contributed by atoms with Crippen LogP contribution >= 0.6 is 0 Å². The molecule has 2 atom stereocenters. The summed E-state index contributed by atoms with van der Waals surface area (Å²) in [6.07, 6.45) is 4.13. The van der Waals surface area contributed by atoms with Crippen molar-refractivity contribution in [2.24, 2.45) is 0 Å². The van der Waals surface area contributed by atoms with Crippen molar-refractivity contribution in [3.8, 4) is 0 Å². The average Bonchev–Trinajstić information content (AvgIpc) is 3.33. The summed E-state index contributed by atoms with van der Waals surface area (Å²) in [5.74, 6) is -0.000335. The third-order valence-electron chi connectivity index (χ3n) is 5.79. The highest BCUT2D eigenvalue weighted by Crippen LogP contribution is 2.25. The molecule has 4 rings (SSSR count). The third kappa shape index (κ3) is 4.00. The molecule has 28 heavy (non-hydrogen) atoms. The van der Waals surface area contributed by atoms with Crippen molar-refractivity contribution >= 4 is 22.8 Å². The number of aromatic nitrogens is 3. The van der Waals surface area contributed by atoms with E-state index in [0.29, 0.717) is 50.6 Å². The average molecular weight is 386 g/mol. The lowest BCUT2D eigenvalue weighted by atomic mass is 10.1. The molecule has 0 bridgehead atoms. The summed E-state index contributed by atoms with van der Waals surface area (Å²) in [6.45, 7) is 3.16. The lowest BCUT2D eigenvalue weighted by molar-refractivity contribution is -0.136. The van der Waals surface area contributed by atoms with E-state index in [-0.39, 0.29) is 23.9 Å². The zero-order valence-electron chi connectivity index (χ0n) is 16.1. The minimum atomic E-state index is -0.197. The van der Waals surface area contributed by atoms with E-state index in [4.69, 9.17) is 4.74 Å². The summed E-state index contributed by atoms with van der Waals surface area (Å²) >= 11 is 0. The molecule has 9 nitrogen and oxygen atoms in total. The Morgan fingerprint density at radius 1 is 1.25 bits per heavy atom. The van der Waals surface area contributed by atoms with Crippen LogP contribution < -0.4 is 5.32 Å². The molecule has 0 unspecified atom stereocenters. The molecule has 4 heterocycles. The molecule has 2 aromatic rings. The van der Waals surface area contributed by atoms with E-state index in [2.05, 4.69) is 25.4 Å². The largest absolute Gasteiger partial charge is 0.378 e. The van der Waals surface area contributed by atoms with Gasteiger partial charge in [-0.15, -0.1) is 0 Å². The van der Waals surface area contributed by atoms with Crippen LogP contribution in [0.15, 0.2) is 18.3 Å². The molecule has 2 saturated heterocycles. The quantitative estimate of drug-likeness (QED) is 0.771. The van der Waals surface area contributed by atoms with Crippen LogP contribution in [0.2, 0.25) is 0 Å². The molecule has 2 amide bonds. The van der Waals surface area contributed by atoms with Gasteiger partial charge in [-0.2, -0.15) is 5.10 Å². The van der Waals surface area contributed by atoms with E-state index >= 15 is 0 Å². The molecular formula is C19H26N6O3. The molecule has 0 saturated carbocycles. The van der Waals surface area contributed by atoms with Crippen LogP contribution in [-0.4, -0.2) is 88.8 Å². The van der Waals surface area contributed by atoms with Crippen molar-refractivity contribution in [1.29, 1.82) is 0 Å². The highest BCUT2D eigenvalue weighted by molar-refractivity contribution is 5.94. The van der Waals surface area contributed by atoms with Gasteiger partial charge in [0.05, 0.1) is 19.4 Å². The predicted octanol–water partition coefficient (Wildman–Crippen LogP) is 0.399. The number of fused-ring (bicyclic) bond motifs is 1. The highest BCUT2D eigenvalue weighted by Gasteiger charge is 2.33. The van der Waals surface area contributed by atoms with Gasteiger partial charge in [0.2, 0.25) is 5.91 Å². The van der Waals surface area contributed by atoms with Crippen LogP contribution in [0, 0.1) is 0 Å². The van der Waals surface area contributed by atoms with Crippen molar-refractivity contribution in [1.82, 2.24) is 30.3 Å². The molecule has 2 aromatic heterocycles. The number of ether oxygens (including phenoxy) is 1. The first kappa shape index (κ1) is 18.8. The lowest BCUT2D eigenvalue weighted by Gasteiger charge is -2.30. The summed E-state index contributed by atoms with van der Waals surface area (Å²) in [4.78, 5) is 33.4. The number of morpholine rings is 1. The summed E-state index contributed by atoms with van der Waals surface area (Å²) < 4.78 is 5.31. The number of likely N-dealkylation sites (N-methyl/N-ethyl adjacent to an activating group) is 1. The lowest BCUT2D eigenvalue weighted by Crippen LogP contribution is -2.45. The van der Waals surface area contributed by atoms with Crippen LogP contribution in [-0.2, 0) is 9.53 Å². The number of carbonyl (C=O) groups excluding carboxylic acids is 2. The van der Waals surface area contributed by atoms with Crippen molar-refractivity contribution in [2.75, 3.05) is 39.9 Å². The van der Waals surface area contributed by atoms with Crippen LogP contribution in [0.1, 0.15) is 29.8 Å². The van der Waals surface area contributed by atoms with Gasteiger partial charge < -0.3 is 15.0 Å². The number of hydrogen-bond acceptors (Lipinski definition) is 6. The molecular weight excluding hydrogens is 360 g/mol. The molecule has 2 fully saturated rings. The summed E-state index contributed by atoms with van der Waals surface area (Å²) in [7, 11) is 2.04. The number of likely N-dealkylation sites (tertiary alicyclic amines) is 1. The number of nitrogens with zero attached hydrogens (tertiary/aromatic N) is 4. The zero-order chi connectivity index (χ0) is 19.5. The van der Waals surface area contributed by atoms with E-state index < -0.39 is 0 Å². The fraction of sp³-hybridized carbons (Fsp3) is 0.579. The van der Waals surface area contributed by atoms with Crippen molar-refractivity contribution < 1.29 is 14.3 Å². The number of amides is 2. The first-order valence-electron chi connectivity index (χ1n) is 9.77. The topological polar surface area (TPSA) is 103 Å². The first-order chi connectivity index (χ1) is 13.6. The number of pyridine rings is 1. The van der Waals surface area contributed by atoms with Gasteiger partial charge in [0.25, 0.3) is 5.91 Å². The highest BCUT2D eigenvalue weighted by atomic mass is 16.5. The monoisotopic (exact) mass is 386 g/mol. The summed E-state index contributed by atoms with van der Waals surface area (Å²) in [5, 5.41) is 10.6. The van der Waals surface area contributed by atoms with Gasteiger partial charge in [-0.1, -0.05) is 0 Å². The Bertz CT molecular complexity index is 847. The third-order valence-corrected chi connectivity index (χ3v) is 5.79. The van der Waals surface area contributed by atoms with E-state index in [1.165, 1.54) is 0 Å². The number of nitrogens with one attached hydrogen (secondary N) is 2. The van der Waals surface area contributed by atoms with Crippen LogP contribution in [0.4, 0.5) is 0 Å². The Hall–Kier alpha value is -2.52. The molecule has 0 aromatic carbocycles. The molecule has 2 N–H and O–H groups in total. The fourth-order valence-electron chi connectivity index (χ4n) is 3.98. The number of hydrogen-bond donors (Lipinski definition) is 2. The van der Waals surface area contributed by atoms with E-state index in [1.54, 1.807) is 12.3 Å². The van der Waals surface area contributed by atoms with Crippen molar-refractivity contribution in [2.45, 2.75) is 31.3 Å². The summed E-state index contributed by atoms with van der Waals surface area (Å²) in [5.41, 5.74) is 0.976. The minimum absolute atomic E-state index is 0.196. The SMILES string of the molecule is CN1[C@@H](CC(=O)N2CCOCC2)CC[C@H]1CNC(=O)c1ccc2cn[nH]c2n1. The standard InChI is InChI=1S/C19H26N6O3/c1-24-14(10-17(26)25-6-8-28-9-7-25)3-4-15(24)12-20-19(27)16-5-2-13-11-21-23-18(13)22-16/h2,5,11,14-15H,3-4,6-10,12H2,1H3,(H,20,27)(H,21,22,23)/t14-,15+/m1/s1. The number of aromatic amines is 1. The van der Waals surface area contributed by atoms with Crippen molar-refractivity contribution in [3.63, 3.8) is 0 Å². The molecule has 0 radical (unpaired) electrons. The maximum absolute atomic E-state index is 12.5. The van der Waals surface area contributed by atoms with Gasteiger partial charge in [0.15, 0.2) is 5.65 Å². The molecule has 9 heteroatoms. The Morgan fingerprint density at radius 2 is 2.04 bits per heavy atom. The van der Waals surface area contributed by atoms with Crippen molar-refractivity contribution in [3.05, 3.63) is 24.0 Å². The number of rotatable bonds is 5. The van der Waals surface area contributed by atoms with Gasteiger partial charge in [-0.25, -0.2) is 4.98 Å². The maximum atomic E-state index is 12.5. The van der Waals surface area contributed by atoms with Crippen LogP contribution in [0.25, 0.3) is 11.0 Å². The maximum Gasteiger partial charge on any atom is 0.270 e. The predicted molar refractivity (Wildman–Crippen MR) is 103 cm³/mol. The second-order valence-electron chi connectivity index (χ2n) is 7.46. The number of carbonyl (C=O) groups is 2. The molecule has 2 aliphatic heterocycles. The fourth-order valence-corrected chi connectivity index (χ4v) is 3.98. The second kappa shape index (κ2) is 8.24. The Balaban J connectivity index is 1.28. The van der Waals surface area contributed by atoms with Gasteiger partial charge in [-0.3, -0.25) is 19.6 Å². The van der Waals surface area contributed by atoms with Gasteiger partial charge in [-0.05, 0) is 32.0 Å². The Morgan fingerprint density at radius 3 is 2.86 bits per heavy atom. The smallest absolute Gasteiger partial charge is 0.270 e. The van der Waals surface area contributed by atoms with E-state index in [0.717, 1.165) is 18.2 Å². The molecule has 0 spiro atoms. The first-order valence-corrected chi connectivity index (χ1v) is 9.77. The van der Waals surface area contributed by atoms with E-state index in [1.807, 2.05) is 18.0 Å². The molecule has 2 aliphatic rings. The van der Waals surface area contributed by atoms with Gasteiger partial charge in [0, 0.05) is 43.5 Å². The summed E-state index contributed by atoms with van der Waals surface area (Å²) in [6, 6.07) is 3.98. The normalized spacial score (nSPS) is 23.2. The molecule has 0 aliphatic carbocycles.